The second-order valence-electron chi connectivity index (χ2n) is 4.70. The van der Waals surface area contributed by atoms with E-state index in [2.05, 4.69) is 24.3 Å². The van der Waals surface area contributed by atoms with Gasteiger partial charge in [0.1, 0.15) is 5.94 Å². The van der Waals surface area contributed by atoms with E-state index in [0.717, 1.165) is 24.8 Å². The molecule has 20 heavy (non-hydrogen) atoms. The van der Waals surface area contributed by atoms with Crippen molar-refractivity contribution in [3.63, 3.8) is 0 Å². The van der Waals surface area contributed by atoms with Crippen molar-refractivity contribution in [1.29, 1.82) is 0 Å². The Kier molecular flexibility index (Phi) is 5.57. The molecule has 0 atom stereocenters. The van der Waals surface area contributed by atoms with Crippen LogP contribution in [0, 0.1) is 0 Å². The van der Waals surface area contributed by atoms with Crippen molar-refractivity contribution in [2.45, 2.75) is 19.3 Å². The van der Waals surface area contributed by atoms with Gasteiger partial charge in [0.15, 0.2) is 0 Å². The second-order valence-corrected chi connectivity index (χ2v) is 4.70. The predicted octanol–water partition coefficient (Wildman–Crippen LogP) is 4.18. The number of carbonyl (C=O) groups excluding carboxylic acids is 1. The number of allylic oxidation sites excluding steroid dienone is 3. The summed E-state index contributed by atoms with van der Waals surface area (Å²) in [6.07, 6.45) is 6.38. The number of benzene rings is 2. The summed E-state index contributed by atoms with van der Waals surface area (Å²) in [6.45, 7) is 0. The molecule has 0 fully saturated rings. The molecule has 1 heteroatoms. The molecule has 0 heterocycles. The highest BCUT2D eigenvalue weighted by Gasteiger charge is 1.96. The van der Waals surface area contributed by atoms with Crippen LogP contribution in [0.3, 0.4) is 0 Å². The molecule has 1 nitrogen and oxygen atoms in total. The first-order valence-electron chi connectivity index (χ1n) is 6.87. The highest BCUT2D eigenvalue weighted by Crippen LogP contribution is 2.09. The van der Waals surface area contributed by atoms with Crippen LogP contribution in [-0.4, -0.2) is 5.94 Å². The van der Waals surface area contributed by atoms with Gasteiger partial charge in [-0.15, -0.1) is 0 Å². The summed E-state index contributed by atoms with van der Waals surface area (Å²) in [4.78, 5) is 11.0. The van der Waals surface area contributed by atoms with Gasteiger partial charge in [-0.25, -0.2) is 4.79 Å². The minimum absolute atomic E-state index is 0.727. The van der Waals surface area contributed by atoms with E-state index in [1.807, 2.05) is 54.5 Å². The third-order valence-electron chi connectivity index (χ3n) is 3.17. The van der Waals surface area contributed by atoms with Crippen LogP contribution >= 0.6 is 0 Å². The molecule has 0 aliphatic rings. The largest absolute Gasteiger partial charge is 0.233 e. The maximum absolute atomic E-state index is 11.0. The van der Waals surface area contributed by atoms with Crippen molar-refractivity contribution >= 4 is 5.94 Å². The maximum atomic E-state index is 11.0. The Morgan fingerprint density at radius 1 is 0.900 bits per heavy atom. The molecule has 2 aromatic rings. The van der Waals surface area contributed by atoms with Gasteiger partial charge in [0.05, 0.1) is 0 Å². The van der Waals surface area contributed by atoms with Crippen molar-refractivity contribution in [2.24, 2.45) is 0 Å². The number of aryl methyl sites for hydroxylation is 1. The van der Waals surface area contributed by atoms with Crippen LogP contribution in [-0.2, 0) is 17.6 Å². The molecular weight excluding hydrogens is 244 g/mol. The zero-order valence-corrected chi connectivity index (χ0v) is 11.5. The van der Waals surface area contributed by atoms with Crippen LogP contribution in [0.4, 0.5) is 0 Å². The molecule has 100 valence electrons. The topological polar surface area (TPSA) is 17.1 Å². The lowest BCUT2D eigenvalue weighted by Gasteiger charge is -2.00. The van der Waals surface area contributed by atoms with E-state index in [4.69, 9.17) is 0 Å². The fraction of sp³-hybridized carbons (Fsp3) is 0.158. The summed E-state index contributed by atoms with van der Waals surface area (Å²) in [6, 6.07) is 20.4. The van der Waals surface area contributed by atoms with E-state index in [-0.39, 0.29) is 0 Å². The Morgan fingerprint density at radius 2 is 1.50 bits per heavy atom. The fourth-order valence-electron chi connectivity index (χ4n) is 2.04. The smallest absolute Gasteiger partial charge is 0.127 e. The number of hydrogen-bond donors (Lipinski definition) is 0. The fourth-order valence-corrected chi connectivity index (χ4v) is 2.04. The Balaban J connectivity index is 1.85. The minimum Gasteiger partial charge on any atom is -0.233 e. The molecule has 0 aliphatic heterocycles. The van der Waals surface area contributed by atoms with E-state index in [1.165, 1.54) is 11.1 Å². The lowest BCUT2D eigenvalue weighted by molar-refractivity contribution is 0.566. The highest BCUT2D eigenvalue weighted by atomic mass is 16.1. The highest BCUT2D eigenvalue weighted by molar-refractivity contribution is 5.57. The molecule has 0 aromatic heterocycles. The van der Waals surface area contributed by atoms with Crippen LogP contribution in [0.15, 0.2) is 78.4 Å². The van der Waals surface area contributed by atoms with Crippen molar-refractivity contribution in [3.8, 4) is 0 Å². The van der Waals surface area contributed by atoms with Crippen LogP contribution in [0.2, 0.25) is 0 Å². The first-order chi connectivity index (χ1) is 9.88. The van der Waals surface area contributed by atoms with E-state index < -0.39 is 0 Å². The van der Waals surface area contributed by atoms with Crippen molar-refractivity contribution in [3.05, 3.63) is 89.5 Å². The molecule has 0 unspecified atom stereocenters. The molecule has 0 amide bonds. The molecule has 0 radical (unpaired) electrons. The van der Waals surface area contributed by atoms with E-state index in [0.29, 0.717) is 0 Å². The molecule has 2 rings (SSSR count). The van der Waals surface area contributed by atoms with E-state index >= 15 is 0 Å². The van der Waals surface area contributed by atoms with Crippen LogP contribution in [0.1, 0.15) is 17.5 Å². The van der Waals surface area contributed by atoms with Crippen LogP contribution in [0.25, 0.3) is 0 Å². The van der Waals surface area contributed by atoms with Gasteiger partial charge in [0.2, 0.25) is 0 Å². The zero-order chi connectivity index (χ0) is 14.0. The van der Waals surface area contributed by atoms with Gasteiger partial charge in [-0.1, -0.05) is 72.8 Å². The van der Waals surface area contributed by atoms with E-state index in [1.54, 1.807) is 0 Å². The Morgan fingerprint density at radius 3 is 2.10 bits per heavy atom. The third-order valence-corrected chi connectivity index (χ3v) is 3.17. The van der Waals surface area contributed by atoms with Crippen molar-refractivity contribution in [1.82, 2.24) is 0 Å². The Bertz CT molecular complexity index is 590. The standard InChI is InChI=1S/C19H18O/c20-16-19(15-14-18-10-5-2-6-11-18)13-7-12-17-8-3-1-4-9-17/h1-11,13H,12,14-15H2. The molecule has 0 aliphatic carbocycles. The van der Waals surface area contributed by atoms with Gasteiger partial charge in [-0.05, 0) is 30.4 Å². The lowest BCUT2D eigenvalue weighted by Crippen LogP contribution is -1.88. The predicted molar refractivity (Wildman–Crippen MR) is 83.3 cm³/mol. The normalized spacial score (nSPS) is 10.4. The van der Waals surface area contributed by atoms with Crippen LogP contribution in [0.5, 0.6) is 0 Å². The Labute approximate surface area is 120 Å². The third kappa shape index (κ3) is 4.72. The molecule has 0 bridgehead atoms. The number of rotatable bonds is 6. The summed E-state index contributed by atoms with van der Waals surface area (Å²) in [5.74, 6) is 2.04. The maximum Gasteiger partial charge on any atom is 0.127 e. The van der Waals surface area contributed by atoms with E-state index in [9.17, 15) is 4.79 Å². The SMILES string of the molecule is O=C=C(C=CCc1ccccc1)CCc1ccccc1. The summed E-state index contributed by atoms with van der Waals surface area (Å²) >= 11 is 0. The molecular formula is C19H18O. The Hall–Kier alpha value is -2.37. The monoisotopic (exact) mass is 262 g/mol. The number of hydrogen-bond acceptors (Lipinski definition) is 1. The summed E-state index contributed by atoms with van der Waals surface area (Å²) < 4.78 is 0. The van der Waals surface area contributed by atoms with Gasteiger partial charge >= 0.3 is 0 Å². The van der Waals surface area contributed by atoms with Gasteiger partial charge < -0.3 is 0 Å². The van der Waals surface area contributed by atoms with Gasteiger partial charge in [0.25, 0.3) is 0 Å². The quantitative estimate of drug-likeness (QED) is 0.564. The minimum atomic E-state index is 0.727. The molecule has 0 N–H and O–H groups in total. The summed E-state index contributed by atoms with van der Waals surface area (Å²) in [5.41, 5.74) is 3.22. The van der Waals surface area contributed by atoms with Gasteiger partial charge in [0, 0.05) is 5.57 Å². The molecule has 0 spiro atoms. The molecule has 2 aromatic carbocycles. The second kappa shape index (κ2) is 7.93. The average molecular weight is 262 g/mol. The van der Waals surface area contributed by atoms with Crippen LogP contribution < -0.4 is 0 Å². The summed E-state index contributed by atoms with van der Waals surface area (Å²) in [7, 11) is 0. The van der Waals surface area contributed by atoms with Gasteiger partial charge in [-0.2, -0.15) is 0 Å². The molecule has 0 saturated heterocycles. The first kappa shape index (κ1) is 14.0. The first-order valence-corrected chi connectivity index (χ1v) is 6.87. The van der Waals surface area contributed by atoms with Crippen molar-refractivity contribution in [2.75, 3.05) is 0 Å². The zero-order valence-electron chi connectivity index (χ0n) is 11.5. The van der Waals surface area contributed by atoms with Gasteiger partial charge in [-0.3, -0.25) is 0 Å². The summed E-state index contributed by atoms with van der Waals surface area (Å²) in [5, 5.41) is 0. The molecule has 0 saturated carbocycles. The van der Waals surface area contributed by atoms with Crippen molar-refractivity contribution < 1.29 is 4.79 Å². The lowest BCUT2D eigenvalue weighted by atomic mass is 10.0. The average Bonchev–Trinajstić information content (AvgIpc) is 2.52.